The number of halogens is 1. The van der Waals surface area contributed by atoms with E-state index in [1.807, 2.05) is 0 Å². The molecule has 8 heteroatoms. The predicted octanol–water partition coefficient (Wildman–Crippen LogP) is 1.06. The van der Waals surface area contributed by atoms with E-state index in [9.17, 15) is 14.4 Å². The number of imide groups is 1. The van der Waals surface area contributed by atoms with Crippen molar-refractivity contribution in [2.24, 2.45) is 0 Å². The van der Waals surface area contributed by atoms with E-state index in [1.165, 1.54) is 12.8 Å². The first-order valence-electron chi connectivity index (χ1n) is 9.21. The number of nitrogens with zero attached hydrogens (tertiary/aromatic N) is 1. The summed E-state index contributed by atoms with van der Waals surface area (Å²) < 4.78 is 0. The average Bonchev–Trinajstić information content (AvgIpc) is 3.20. The Kier molecular flexibility index (Phi) is 4.99. The topological polar surface area (TPSA) is 90.5 Å². The molecule has 3 aliphatic heterocycles. The van der Waals surface area contributed by atoms with Gasteiger partial charge in [0.1, 0.15) is 11.6 Å². The van der Waals surface area contributed by atoms with Crippen molar-refractivity contribution < 1.29 is 14.4 Å². The molecule has 0 aromatic rings. The molecule has 3 N–H and O–H groups in total. The summed E-state index contributed by atoms with van der Waals surface area (Å²) in [5, 5.41) is 9.45. The zero-order chi connectivity index (χ0) is 16.9. The van der Waals surface area contributed by atoms with Gasteiger partial charge in [0, 0.05) is 18.1 Å². The highest BCUT2D eigenvalue weighted by Gasteiger charge is 2.54. The van der Waals surface area contributed by atoms with Crippen molar-refractivity contribution >= 4 is 30.3 Å². The number of fused-ring (bicyclic) bond motifs is 2. The minimum atomic E-state index is -0.759. The summed E-state index contributed by atoms with van der Waals surface area (Å²) >= 11 is 0. The van der Waals surface area contributed by atoms with Gasteiger partial charge in [-0.1, -0.05) is 12.8 Å². The molecule has 4 aliphatic rings. The van der Waals surface area contributed by atoms with Gasteiger partial charge in [-0.25, -0.2) is 9.69 Å². The molecule has 25 heavy (non-hydrogen) atoms. The number of hydrogen-bond donors (Lipinski definition) is 3. The molecule has 7 nitrogen and oxygen atoms in total. The van der Waals surface area contributed by atoms with Gasteiger partial charge in [0.15, 0.2) is 0 Å². The van der Waals surface area contributed by atoms with Crippen LogP contribution in [-0.4, -0.2) is 52.5 Å². The molecule has 0 aromatic carbocycles. The molecule has 3 heterocycles. The normalized spacial score (nSPS) is 34.0. The third-order valence-corrected chi connectivity index (χ3v) is 6.24. The number of rotatable bonds is 3. The Hall–Kier alpha value is -1.34. The maximum absolute atomic E-state index is 12.7. The number of nitrogens with one attached hydrogen (secondary N) is 3. The predicted molar refractivity (Wildman–Crippen MR) is 94.4 cm³/mol. The fraction of sp³-hybridized carbons (Fsp3) is 0.824. The van der Waals surface area contributed by atoms with E-state index in [0.29, 0.717) is 24.9 Å². The number of hydrogen-bond acceptors (Lipinski definition) is 4. The number of urea groups is 1. The minimum absolute atomic E-state index is 0. The summed E-state index contributed by atoms with van der Waals surface area (Å²) in [6.45, 7) is 1.65. The first-order chi connectivity index (χ1) is 11.5. The van der Waals surface area contributed by atoms with Crippen LogP contribution >= 0.6 is 12.4 Å². The molecule has 0 radical (unpaired) electrons. The van der Waals surface area contributed by atoms with Gasteiger partial charge in [0.2, 0.25) is 5.91 Å². The lowest BCUT2D eigenvalue weighted by molar-refractivity contribution is -0.138. The highest BCUT2D eigenvalue weighted by Crippen LogP contribution is 2.36. The van der Waals surface area contributed by atoms with E-state index >= 15 is 0 Å². The summed E-state index contributed by atoms with van der Waals surface area (Å²) in [5.41, 5.74) is -0.751. The molecular formula is C17H27ClN4O3. The molecule has 3 saturated heterocycles. The van der Waals surface area contributed by atoms with Crippen molar-refractivity contribution in [1.29, 1.82) is 0 Å². The van der Waals surface area contributed by atoms with Crippen LogP contribution in [0.5, 0.6) is 0 Å². The van der Waals surface area contributed by atoms with Gasteiger partial charge in [0.05, 0.1) is 0 Å². The van der Waals surface area contributed by atoms with Gasteiger partial charge in [-0.05, 0) is 45.4 Å². The second-order valence-corrected chi connectivity index (χ2v) is 7.89. The molecule has 0 aromatic heterocycles. The number of carbonyl (C=O) groups excluding carboxylic acids is 3. The van der Waals surface area contributed by atoms with Crippen molar-refractivity contribution in [2.45, 2.75) is 88.0 Å². The third kappa shape index (κ3) is 3.12. The number of piperidine rings is 1. The lowest BCUT2D eigenvalue weighted by Gasteiger charge is -2.31. The molecule has 1 spiro atoms. The largest absolute Gasteiger partial charge is 0.351 e. The van der Waals surface area contributed by atoms with Crippen LogP contribution in [0, 0.1) is 0 Å². The Morgan fingerprint density at radius 3 is 2.40 bits per heavy atom. The van der Waals surface area contributed by atoms with Crippen LogP contribution in [0.4, 0.5) is 4.79 Å². The second kappa shape index (κ2) is 6.76. The fourth-order valence-electron chi connectivity index (χ4n) is 4.92. The molecule has 4 fully saturated rings. The van der Waals surface area contributed by atoms with Crippen LogP contribution in [0.1, 0.15) is 58.3 Å². The fourth-order valence-corrected chi connectivity index (χ4v) is 4.92. The van der Waals surface area contributed by atoms with Gasteiger partial charge in [-0.2, -0.15) is 0 Å². The quantitative estimate of drug-likeness (QED) is 0.648. The van der Waals surface area contributed by atoms with Crippen LogP contribution in [0.25, 0.3) is 0 Å². The summed E-state index contributed by atoms with van der Waals surface area (Å²) in [6.07, 6.45) is 7.44. The Balaban J connectivity index is 0.00000182. The van der Waals surface area contributed by atoms with Gasteiger partial charge < -0.3 is 16.0 Å². The van der Waals surface area contributed by atoms with Gasteiger partial charge >= 0.3 is 6.03 Å². The third-order valence-electron chi connectivity index (χ3n) is 6.24. The molecule has 140 valence electrons. The minimum Gasteiger partial charge on any atom is -0.351 e. The highest BCUT2D eigenvalue weighted by atomic mass is 35.5. The van der Waals surface area contributed by atoms with Crippen molar-refractivity contribution in [2.75, 3.05) is 0 Å². The standard InChI is InChI=1S/C17H26N4O3.ClH/c1-10(14(22)19-13-8-11-4-5-12(9-13)18-11)21-15(23)17(20-16(21)24)6-2-3-7-17;/h10-13,18H,2-9H2,1H3,(H,19,22)(H,20,24);1H. The van der Waals surface area contributed by atoms with Crippen molar-refractivity contribution in [1.82, 2.24) is 20.9 Å². The molecule has 3 atom stereocenters. The molecule has 3 unspecified atom stereocenters. The van der Waals surface area contributed by atoms with Crippen LogP contribution in [0.15, 0.2) is 0 Å². The monoisotopic (exact) mass is 370 g/mol. The van der Waals surface area contributed by atoms with Crippen molar-refractivity contribution in [3.8, 4) is 0 Å². The second-order valence-electron chi connectivity index (χ2n) is 7.89. The van der Waals surface area contributed by atoms with Gasteiger partial charge in [0.25, 0.3) is 5.91 Å². The molecular weight excluding hydrogens is 344 g/mol. The van der Waals surface area contributed by atoms with Gasteiger partial charge in [-0.3, -0.25) is 9.59 Å². The van der Waals surface area contributed by atoms with Crippen LogP contribution in [0.2, 0.25) is 0 Å². The van der Waals surface area contributed by atoms with E-state index in [1.54, 1.807) is 6.92 Å². The summed E-state index contributed by atoms with van der Waals surface area (Å²) in [5.74, 6) is -0.446. The van der Waals surface area contributed by atoms with E-state index in [4.69, 9.17) is 0 Å². The Bertz CT molecular complexity index is 566. The SMILES string of the molecule is CC(C(=O)NC1CC2CCC(C1)N2)N1C(=O)NC2(CCCC2)C1=O.Cl. The van der Waals surface area contributed by atoms with Crippen LogP contribution < -0.4 is 16.0 Å². The average molecular weight is 371 g/mol. The van der Waals surface area contributed by atoms with Crippen LogP contribution in [0.3, 0.4) is 0 Å². The maximum atomic E-state index is 12.7. The molecule has 2 bridgehead atoms. The van der Waals surface area contributed by atoms with E-state index in [2.05, 4.69) is 16.0 Å². The number of amides is 4. The molecule has 1 aliphatic carbocycles. The molecule has 4 amide bonds. The summed E-state index contributed by atoms with van der Waals surface area (Å²) in [7, 11) is 0. The lowest BCUT2D eigenvalue weighted by atomic mass is 9.97. The summed E-state index contributed by atoms with van der Waals surface area (Å²) in [6, 6.07) is -0.0643. The number of carbonyl (C=O) groups is 3. The first kappa shape index (κ1) is 18.5. The smallest absolute Gasteiger partial charge is 0.325 e. The zero-order valence-electron chi connectivity index (χ0n) is 14.5. The maximum Gasteiger partial charge on any atom is 0.325 e. The first-order valence-corrected chi connectivity index (χ1v) is 9.21. The zero-order valence-corrected chi connectivity index (χ0v) is 15.4. The molecule has 4 rings (SSSR count). The Labute approximate surface area is 154 Å². The van der Waals surface area contributed by atoms with Crippen molar-refractivity contribution in [3.63, 3.8) is 0 Å². The van der Waals surface area contributed by atoms with Gasteiger partial charge in [-0.15, -0.1) is 12.4 Å². The lowest BCUT2D eigenvalue weighted by Crippen LogP contribution is -2.54. The molecule has 1 saturated carbocycles. The Morgan fingerprint density at radius 1 is 1.20 bits per heavy atom. The van der Waals surface area contributed by atoms with E-state index < -0.39 is 17.6 Å². The van der Waals surface area contributed by atoms with E-state index in [-0.39, 0.29) is 30.3 Å². The van der Waals surface area contributed by atoms with Crippen molar-refractivity contribution in [3.05, 3.63) is 0 Å². The highest BCUT2D eigenvalue weighted by molar-refractivity contribution is 6.10. The summed E-state index contributed by atoms with van der Waals surface area (Å²) in [4.78, 5) is 38.8. The van der Waals surface area contributed by atoms with Crippen LogP contribution in [-0.2, 0) is 9.59 Å². The Morgan fingerprint density at radius 2 is 1.80 bits per heavy atom. The van der Waals surface area contributed by atoms with E-state index in [0.717, 1.165) is 30.6 Å².